The highest BCUT2D eigenvalue weighted by Crippen LogP contribution is 2.23. The number of benzene rings is 2. The first-order valence-corrected chi connectivity index (χ1v) is 10.9. The molecule has 1 aliphatic rings. The number of thioether (sulfide) groups is 1. The van der Waals surface area contributed by atoms with Crippen molar-refractivity contribution < 1.29 is 9.53 Å². The zero-order valence-corrected chi connectivity index (χ0v) is 17.7. The van der Waals surface area contributed by atoms with Crippen molar-refractivity contribution in [3.05, 3.63) is 46.8 Å². The number of hydrogen-bond acceptors (Lipinski definition) is 5. The number of morpholine rings is 1. The number of carbonyl (C=O) groups excluding carboxylic acids is 1. The summed E-state index contributed by atoms with van der Waals surface area (Å²) >= 11 is 1.33. The molecule has 0 aliphatic carbocycles. The Morgan fingerprint density at radius 2 is 1.83 bits per heavy atom. The van der Waals surface area contributed by atoms with E-state index >= 15 is 0 Å². The number of nitrogens with zero attached hydrogens (tertiary/aromatic N) is 3. The van der Waals surface area contributed by atoms with Crippen LogP contribution in [0.2, 0.25) is 0 Å². The topological polar surface area (TPSA) is 64.4 Å². The van der Waals surface area contributed by atoms with Crippen LogP contribution in [-0.2, 0) is 16.1 Å². The maximum atomic E-state index is 13.1. The lowest BCUT2D eigenvalue weighted by Crippen LogP contribution is -2.48. The first-order chi connectivity index (χ1) is 14.0. The number of carbonyl (C=O) groups is 1. The van der Waals surface area contributed by atoms with E-state index in [2.05, 4.69) is 0 Å². The number of rotatable bonds is 4. The van der Waals surface area contributed by atoms with Gasteiger partial charge in [-0.05, 0) is 43.7 Å². The van der Waals surface area contributed by atoms with Crippen LogP contribution in [0.4, 0.5) is 0 Å². The second kappa shape index (κ2) is 8.16. The van der Waals surface area contributed by atoms with E-state index in [-0.39, 0.29) is 29.4 Å². The van der Waals surface area contributed by atoms with Crippen molar-refractivity contribution in [2.75, 3.05) is 18.8 Å². The fourth-order valence-corrected chi connectivity index (χ4v) is 4.84. The van der Waals surface area contributed by atoms with Gasteiger partial charge in [-0.25, -0.2) is 4.98 Å². The van der Waals surface area contributed by atoms with E-state index in [1.54, 1.807) is 4.57 Å². The molecule has 29 heavy (non-hydrogen) atoms. The van der Waals surface area contributed by atoms with Crippen molar-refractivity contribution in [1.82, 2.24) is 14.5 Å². The van der Waals surface area contributed by atoms with Gasteiger partial charge in [0.25, 0.3) is 5.56 Å². The van der Waals surface area contributed by atoms with Gasteiger partial charge in [0.15, 0.2) is 5.16 Å². The molecule has 152 valence electrons. The predicted molar refractivity (Wildman–Crippen MR) is 116 cm³/mol. The minimum absolute atomic E-state index is 0.0357. The first-order valence-electron chi connectivity index (χ1n) is 9.95. The molecule has 2 aromatic carbocycles. The van der Waals surface area contributed by atoms with E-state index in [0.29, 0.717) is 35.7 Å². The lowest BCUT2D eigenvalue weighted by molar-refractivity contribution is -0.140. The van der Waals surface area contributed by atoms with Gasteiger partial charge in [-0.2, -0.15) is 0 Å². The first kappa shape index (κ1) is 19.9. The Labute approximate surface area is 173 Å². The maximum absolute atomic E-state index is 13.1. The van der Waals surface area contributed by atoms with E-state index < -0.39 is 0 Å². The average molecular weight is 412 g/mol. The SMILES string of the molecule is CCn1c(SCC(=O)N2C[C@H](C)O[C@@H](C)C2)nc2cc3ccccc3cc2c1=O. The molecular formula is C22H25N3O3S. The van der Waals surface area contributed by atoms with Crippen LogP contribution >= 0.6 is 11.8 Å². The molecule has 0 saturated carbocycles. The third-order valence-electron chi connectivity index (χ3n) is 5.20. The molecule has 1 aliphatic heterocycles. The Balaban J connectivity index is 1.63. The van der Waals surface area contributed by atoms with Crippen LogP contribution in [0, 0.1) is 0 Å². The van der Waals surface area contributed by atoms with Crippen LogP contribution in [0.15, 0.2) is 46.3 Å². The Morgan fingerprint density at radius 1 is 1.17 bits per heavy atom. The Hall–Kier alpha value is -2.38. The Bertz CT molecular complexity index is 1120. The lowest BCUT2D eigenvalue weighted by Gasteiger charge is -2.35. The van der Waals surface area contributed by atoms with Gasteiger partial charge in [-0.15, -0.1) is 0 Å². The summed E-state index contributed by atoms with van der Waals surface area (Å²) in [5, 5.41) is 3.26. The predicted octanol–water partition coefficient (Wildman–Crippen LogP) is 3.30. The number of amides is 1. The average Bonchev–Trinajstić information content (AvgIpc) is 2.70. The highest BCUT2D eigenvalue weighted by atomic mass is 32.2. The molecule has 0 spiro atoms. The zero-order valence-electron chi connectivity index (χ0n) is 16.9. The van der Waals surface area contributed by atoms with Crippen molar-refractivity contribution in [3.63, 3.8) is 0 Å². The fourth-order valence-electron chi connectivity index (χ4n) is 3.88. The Kier molecular flexibility index (Phi) is 5.61. The molecule has 4 rings (SSSR count). The standard InChI is InChI=1S/C22H25N3O3S/c1-4-25-21(27)18-9-16-7-5-6-8-17(16)10-19(18)23-22(25)29-13-20(26)24-11-14(2)28-15(3)12-24/h5-10,14-15H,4,11-13H2,1-3H3/t14-,15-/m0/s1. The van der Waals surface area contributed by atoms with Gasteiger partial charge in [0.2, 0.25) is 5.91 Å². The van der Waals surface area contributed by atoms with E-state index in [4.69, 9.17) is 9.72 Å². The third kappa shape index (κ3) is 4.02. The van der Waals surface area contributed by atoms with E-state index in [0.717, 1.165) is 10.8 Å². The molecule has 3 aromatic rings. The number of fused-ring (bicyclic) bond motifs is 2. The van der Waals surface area contributed by atoms with Crippen LogP contribution in [0.1, 0.15) is 20.8 Å². The summed E-state index contributed by atoms with van der Waals surface area (Å²) in [4.78, 5) is 32.4. The molecule has 2 heterocycles. The van der Waals surface area contributed by atoms with Crippen LogP contribution in [0.5, 0.6) is 0 Å². The van der Waals surface area contributed by atoms with E-state index in [1.165, 1.54) is 11.8 Å². The summed E-state index contributed by atoms with van der Waals surface area (Å²) in [6.45, 7) is 7.59. The van der Waals surface area contributed by atoms with E-state index in [1.807, 2.05) is 62.1 Å². The summed E-state index contributed by atoms with van der Waals surface area (Å²) < 4.78 is 7.36. The maximum Gasteiger partial charge on any atom is 0.262 e. The summed E-state index contributed by atoms with van der Waals surface area (Å²) in [7, 11) is 0. The van der Waals surface area contributed by atoms with Gasteiger partial charge in [-0.3, -0.25) is 14.2 Å². The second-order valence-electron chi connectivity index (χ2n) is 7.51. The summed E-state index contributed by atoms with van der Waals surface area (Å²) in [6, 6.07) is 11.8. The molecule has 0 radical (unpaired) electrons. The molecule has 2 atom stereocenters. The van der Waals surface area contributed by atoms with Crippen molar-refractivity contribution in [2.45, 2.75) is 44.7 Å². The third-order valence-corrected chi connectivity index (χ3v) is 6.16. The molecule has 1 fully saturated rings. The van der Waals surface area contributed by atoms with Crippen molar-refractivity contribution in [2.24, 2.45) is 0 Å². The number of ether oxygens (including phenoxy) is 1. The fraction of sp³-hybridized carbons (Fsp3) is 0.409. The van der Waals surface area contributed by atoms with Gasteiger partial charge >= 0.3 is 0 Å². The van der Waals surface area contributed by atoms with Gasteiger partial charge in [0.1, 0.15) is 0 Å². The smallest absolute Gasteiger partial charge is 0.262 e. The van der Waals surface area contributed by atoms with E-state index in [9.17, 15) is 9.59 Å². The minimum atomic E-state index is -0.0631. The second-order valence-corrected chi connectivity index (χ2v) is 8.45. The van der Waals surface area contributed by atoms with Gasteiger partial charge in [-0.1, -0.05) is 36.0 Å². The zero-order chi connectivity index (χ0) is 20.5. The van der Waals surface area contributed by atoms with Crippen LogP contribution < -0.4 is 5.56 Å². The van der Waals surface area contributed by atoms with Crippen molar-refractivity contribution in [3.8, 4) is 0 Å². The van der Waals surface area contributed by atoms with Crippen molar-refractivity contribution in [1.29, 1.82) is 0 Å². The normalized spacial score (nSPS) is 19.8. The number of aromatic nitrogens is 2. The number of hydrogen-bond donors (Lipinski definition) is 0. The van der Waals surface area contributed by atoms with Crippen LogP contribution in [-0.4, -0.2) is 51.4 Å². The molecular weight excluding hydrogens is 386 g/mol. The quantitative estimate of drug-likeness (QED) is 0.374. The molecule has 6 nitrogen and oxygen atoms in total. The van der Waals surface area contributed by atoms with Crippen LogP contribution in [0.3, 0.4) is 0 Å². The van der Waals surface area contributed by atoms with Crippen LogP contribution in [0.25, 0.3) is 21.7 Å². The minimum Gasteiger partial charge on any atom is -0.372 e. The molecule has 1 amide bonds. The molecule has 1 saturated heterocycles. The van der Waals surface area contributed by atoms with Gasteiger partial charge in [0, 0.05) is 19.6 Å². The molecule has 7 heteroatoms. The summed E-state index contributed by atoms with van der Waals surface area (Å²) in [5.41, 5.74) is 0.605. The van der Waals surface area contributed by atoms with Gasteiger partial charge < -0.3 is 9.64 Å². The monoisotopic (exact) mass is 411 g/mol. The molecule has 0 unspecified atom stereocenters. The highest BCUT2D eigenvalue weighted by Gasteiger charge is 2.26. The Morgan fingerprint density at radius 3 is 2.48 bits per heavy atom. The summed E-state index contributed by atoms with van der Waals surface area (Å²) in [6.07, 6.45) is 0.0715. The summed E-state index contributed by atoms with van der Waals surface area (Å²) in [5.74, 6) is 0.304. The highest BCUT2D eigenvalue weighted by molar-refractivity contribution is 7.99. The molecule has 0 N–H and O–H groups in total. The lowest BCUT2D eigenvalue weighted by atomic mass is 10.1. The van der Waals surface area contributed by atoms with Crippen molar-refractivity contribution >= 4 is 39.3 Å². The molecule has 0 bridgehead atoms. The molecule has 1 aromatic heterocycles. The van der Waals surface area contributed by atoms with Gasteiger partial charge in [0.05, 0.1) is 28.9 Å². The largest absolute Gasteiger partial charge is 0.372 e.